The molecule has 8 nitrogen and oxygen atoms in total. The zero-order valence-corrected chi connectivity index (χ0v) is 27.4. The molecule has 1 atom stereocenters. The van der Waals surface area contributed by atoms with E-state index in [1.807, 2.05) is 18.2 Å². The van der Waals surface area contributed by atoms with Crippen molar-refractivity contribution in [2.45, 2.75) is 91.9 Å². The summed E-state index contributed by atoms with van der Waals surface area (Å²) < 4.78 is 0. The van der Waals surface area contributed by atoms with E-state index >= 15 is 0 Å². The van der Waals surface area contributed by atoms with Crippen LogP contribution in [0.4, 0.5) is 11.4 Å². The summed E-state index contributed by atoms with van der Waals surface area (Å²) in [5, 5.41) is 29.0. The number of aromatic amines is 1. The minimum atomic E-state index is -0.707. The number of carbonyl (C=O) groups is 1. The number of aromatic hydroxyl groups is 1. The van der Waals surface area contributed by atoms with Crippen LogP contribution in [-0.4, -0.2) is 34.0 Å². The molecule has 1 heterocycles. The maximum atomic E-state index is 14.1. The quantitative estimate of drug-likeness (QED) is 0.139. The van der Waals surface area contributed by atoms with Gasteiger partial charge >= 0.3 is 0 Å². The first-order valence-electron chi connectivity index (χ1n) is 16.6. The smallest absolute Gasteiger partial charge is 0.269 e. The van der Waals surface area contributed by atoms with E-state index in [0.717, 1.165) is 77.3 Å². The number of H-pyrrole nitrogens is 1. The predicted octanol–water partition coefficient (Wildman–Crippen LogP) is 9.69. The van der Waals surface area contributed by atoms with Crippen molar-refractivity contribution in [3.05, 3.63) is 76.1 Å². The Hall–Kier alpha value is -4.25. The normalized spacial score (nSPS) is 12.0. The molecule has 240 valence electrons. The second-order valence-electron chi connectivity index (χ2n) is 11.9. The van der Waals surface area contributed by atoms with Gasteiger partial charge in [0.05, 0.1) is 5.69 Å². The molecule has 0 saturated heterocycles. The molecule has 0 bridgehead atoms. The molecule has 0 aliphatic rings. The van der Waals surface area contributed by atoms with Gasteiger partial charge in [-0.15, -0.1) is 5.11 Å². The second kappa shape index (κ2) is 18.5. The standard InChI is InChI=1S/C37H49N5O3/c1-5-9-16-27(8-4)25-42(26-28(17-10-6-2)18-11-7-3)37(45)30-21-15-22-31(23-30)40-41-34-33(29-19-13-12-14-20-29)32(24-38)35(43)39-36(34)44/h12-15,19-23,27-28H,5-11,16-18,25-26H2,1-4H3,(H2,39,43,44)/b41-40+. The first-order valence-corrected chi connectivity index (χ1v) is 16.6. The summed E-state index contributed by atoms with van der Waals surface area (Å²) >= 11 is 0. The largest absolute Gasteiger partial charge is 0.493 e. The van der Waals surface area contributed by atoms with Gasteiger partial charge in [-0.3, -0.25) is 14.6 Å². The van der Waals surface area contributed by atoms with E-state index in [9.17, 15) is 20.0 Å². The highest BCUT2D eigenvalue weighted by molar-refractivity contribution is 5.95. The van der Waals surface area contributed by atoms with Crippen LogP contribution < -0.4 is 5.56 Å². The molecule has 3 rings (SSSR count). The van der Waals surface area contributed by atoms with E-state index in [1.165, 1.54) is 0 Å². The third-order valence-corrected chi connectivity index (χ3v) is 8.42. The summed E-state index contributed by atoms with van der Waals surface area (Å²) in [6.45, 7) is 10.3. The number of pyridine rings is 1. The zero-order valence-electron chi connectivity index (χ0n) is 27.4. The first kappa shape index (κ1) is 35.2. The Kier molecular flexibility index (Phi) is 14.5. The molecular weight excluding hydrogens is 562 g/mol. The number of aromatic nitrogens is 1. The Labute approximate surface area is 268 Å². The number of rotatable bonds is 18. The number of azo groups is 1. The topological polar surface area (TPSA) is 122 Å². The number of carbonyl (C=O) groups excluding carboxylic acids is 1. The predicted molar refractivity (Wildman–Crippen MR) is 181 cm³/mol. The molecular formula is C37H49N5O3. The van der Waals surface area contributed by atoms with Crippen LogP contribution in [0, 0.1) is 23.2 Å². The number of benzene rings is 2. The number of unbranched alkanes of at least 4 members (excludes halogenated alkanes) is 3. The third-order valence-electron chi connectivity index (χ3n) is 8.42. The molecule has 45 heavy (non-hydrogen) atoms. The Balaban J connectivity index is 1.97. The molecule has 1 amide bonds. The fraction of sp³-hybridized carbons (Fsp3) is 0.486. The van der Waals surface area contributed by atoms with Gasteiger partial charge in [0.15, 0.2) is 5.69 Å². The molecule has 0 spiro atoms. The van der Waals surface area contributed by atoms with Crippen LogP contribution in [0.25, 0.3) is 11.1 Å². The van der Waals surface area contributed by atoms with Crippen molar-refractivity contribution in [3.63, 3.8) is 0 Å². The number of nitrogens with zero attached hydrogens (tertiary/aromatic N) is 4. The molecule has 0 fully saturated rings. The van der Waals surface area contributed by atoms with Crippen molar-refractivity contribution in [2.75, 3.05) is 13.1 Å². The summed E-state index contributed by atoms with van der Waals surface area (Å²) in [5.74, 6) is 0.421. The molecule has 2 N–H and O–H groups in total. The van der Waals surface area contributed by atoms with Crippen molar-refractivity contribution in [3.8, 4) is 23.1 Å². The highest BCUT2D eigenvalue weighted by Crippen LogP contribution is 2.38. The van der Waals surface area contributed by atoms with Crippen molar-refractivity contribution >= 4 is 17.3 Å². The lowest BCUT2D eigenvalue weighted by atomic mass is 9.93. The average molecular weight is 612 g/mol. The van der Waals surface area contributed by atoms with Crippen LogP contribution >= 0.6 is 0 Å². The SMILES string of the molecule is CCCCC(CC)CN(CC(CCCC)CCCC)C(=O)c1cccc(/N=N/c2c(O)[nH]c(=O)c(C#N)c2-c2ccccc2)c1. The van der Waals surface area contributed by atoms with Gasteiger partial charge in [-0.2, -0.15) is 10.4 Å². The van der Waals surface area contributed by atoms with Gasteiger partial charge in [-0.25, -0.2) is 0 Å². The fourth-order valence-electron chi connectivity index (χ4n) is 5.75. The molecule has 0 aliphatic heterocycles. The number of hydrogen-bond donors (Lipinski definition) is 2. The van der Waals surface area contributed by atoms with Gasteiger partial charge in [0.1, 0.15) is 11.6 Å². The van der Waals surface area contributed by atoms with Crippen molar-refractivity contribution in [1.29, 1.82) is 5.26 Å². The molecule has 0 aliphatic carbocycles. The molecule has 8 heteroatoms. The summed E-state index contributed by atoms with van der Waals surface area (Å²) in [7, 11) is 0. The average Bonchev–Trinajstić information content (AvgIpc) is 3.06. The van der Waals surface area contributed by atoms with Crippen LogP contribution in [0.3, 0.4) is 0 Å². The third kappa shape index (κ3) is 10.1. The highest BCUT2D eigenvalue weighted by Gasteiger charge is 2.24. The van der Waals surface area contributed by atoms with E-state index in [2.05, 4.69) is 47.8 Å². The fourth-order valence-corrected chi connectivity index (χ4v) is 5.75. The Morgan fingerprint density at radius 2 is 1.51 bits per heavy atom. The maximum absolute atomic E-state index is 14.1. The van der Waals surface area contributed by atoms with Gasteiger partial charge in [0.25, 0.3) is 11.5 Å². The molecule has 3 aromatic rings. The molecule has 0 radical (unpaired) electrons. The summed E-state index contributed by atoms with van der Waals surface area (Å²) in [4.78, 5) is 31.0. The van der Waals surface area contributed by atoms with E-state index in [-0.39, 0.29) is 22.7 Å². The summed E-state index contributed by atoms with van der Waals surface area (Å²) in [6, 6.07) is 17.8. The molecule has 2 aromatic carbocycles. The number of amides is 1. The minimum Gasteiger partial charge on any atom is -0.493 e. The summed E-state index contributed by atoms with van der Waals surface area (Å²) in [6.07, 6.45) is 11.3. The van der Waals surface area contributed by atoms with Gasteiger partial charge in [-0.05, 0) is 54.9 Å². The number of nitriles is 1. The van der Waals surface area contributed by atoms with E-state index in [0.29, 0.717) is 28.7 Å². The number of nitrogens with one attached hydrogen (secondary N) is 1. The van der Waals surface area contributed by atoms with E-state index in [1.54, 1.807) is 42.5 Å². The highest BCUT2D eigenvalue weighted by atomic mass is 16.3. The van der Waals surface area contributed by atoms with Crippen molar-refractivity contribution in [1.82, 2.24) is 9.88 Å². The summed E-state index contributed by atoms with van der Waals surface area (Å²) in [5.41, 5.74) is 0.821. The Morgan fingerprint density at radius 3 is 2.11 bits per heavy atom. The monoisotopic (exact) mass is 611 g/mol. The van der Waals surface area contributed by atoms with Gasteiger partial charge < -0.3 is 10.0 Å². The first-order chi connectivity index (χ1) is 21.9. The minimum absolute atomic E-state index is 0.0105. The van der Waals surface area contributed by atoms with Crippen LogP contribution in [-0.2, 0) is 0 Å². The van der Waals surface area contributed by atoms with Crippen LogP contribution in [0.1, 0.15) is 108 Å². The van der Waals surface area contributed by atoms with Crippen LogP contribution in [0.2, 0.25) is 0 Å². The number of hydrogen-bond acceptors (Lipinski definition) is 6. The van der Waals surface area contributed by atoms with Gasteiger partial charge in [0, 0.05) is 24.2 Å². The zero-order chi connectivity index (χ0) is 32.6. The lowest BCUT2D eigenvalue weighted by Crippen LogP contribution is -2.39. The second-order valence-corrected chi connectivity index (χ2v) is 11.9. The van der Waals surface area contributed by atoms with E-state index in [4.69, 9.17) is 0 Å². The lowest BCUT2D eigenvalue weighted by molar-refractivity contribution is 0.0682. The molecule has 0 saturated carbocycles. The van der Waals surface area contributed by atoms with Crippen LogP contribution in [0.5, 0.6) is 5.88 Å². The maximum Gasteiger partial charge on any atom is 0.269 e. The lowest BCUT2D eigenvalue weighted by Gasteiger charge is -2.31. The Morgan fingerprint density at radius 1 is 0.889 bits per heavy atom. The Bertz CT molecular complexity index is 1480. The van der Waals surface area contributed by atoms with Crippen molar-refractivity contribution < 1.29 is 9.90 Å². The van der Waals surface area contributed by atoms with Crippen LogP contribution in [0.15, 0.2) is 69.6 Å². The van der Waals surface area contributed by atoms with Gasteiger partial charge in [0.2, 0.25) is 5.88 Å². The van der Waals surface area contributed by atoms with Crippen molar-refractivity contribution in [2.24, 2.45) is 22.1 Å². The van der Waals surface area contributed by atoms with E-state index < -0.39 is 11.4 Å². The molecule has 1 aromatic heterocycles. The molecule has 1 unspecified atom stereocenters. The van der Waals surface area contributed by atoms with Gasteiger partial charge in [-0.1, -0.05) is 109 Å².